The van der Waals surface area contributed by atoms with Crippen LogP contribution in [0, 0.1) is 18.1 Å². The van der Waals surface area contributed by atoms with Crippen molar-refractivity contribution in [1.29, 1.82) is 0 Å². The monoisotopic (exact) mass is 340 g/mol. The molecule has 2 heteroatoms. The van der Waals surface area contributed by atoms with E-state index >= 15 is 0 Å². The second-order valence-electron chi connectivity index (χ2n) is 5.88. The first-order chi connectivity index (χ1) is 12.0. The maximum atomic E-state index is 11.8. The van der Waals surface area contributed by atoms with Crippen LogP contribution in [0.2, 0.25) is 0 Å². The molecule has 0 aliphatic heterocycles. The van der Waals surface area contributed by atoms with Gasteiger partial charge in [0.1, 0.15) is 11.3 Å². The maximum Gasteiger partial charge on any atom is 0.352 e. The van der Waals surface area contributed by atoms with Gasteiger partial charge in [0, 0.05) is 5.56 Å². The molecule has 1 aliphatic carbocycles. The molecule has 0 spiro atoms. The predicted molar refractivity (Wildman–Crippen MR) is 106 cm³/mol. The van der Waals surface area contributed by atoms with Gasteiger partial charge in [0.2, 0.25) is 0 Å². The van der Waals surface area contributed by atoms with Crippen LogP contribution in [0.3, 0.4) is 0 Å². The van der Waals surface area contributed by atoms with Crippen LogP contribution < -0.4 is 0 Å². The minimum Gasteiger partial charge on any atom is -0.423 e. The number of carbonyl (C=O) groups is 1. The summed E-state index contributed by atoms with van der Waals surface area (Å²) in [5.41, 5.74) is 1.52. The van der Waals surface area contributed by atoms with Gasteiger partial charge in [-0.05, 0) is 49.8 Å². The lowest BCUT2D eigenvalue weighted by molar-refractivity contribution is 0.0638. The van der Waals surface area contributed by atoms with Crippen molar-refractivity contribution in [3.8, 4) is 0 Å². The normalized spacial score (nSPS) is 18.1. The Hall–Kier alpha value is -2.27. The van der Waals surface area contributed by atoms with Gasteiger partial charge in [-0.2, -0.15) is 0 Å². The summed E-state index contributed by atoms with van der Waals surface area (Å²) in [5.74, 6) is 1.16. The summed E-state index contributed by atoms with van der Waals surface area (Å²) in [6.07, 6.45) is 8.08. The van der Waals surface area contributed by atoms with Crippen LogP contribution >= 0.6 is 0 Å². The summed E-state index contributed by atoms with van der Waals surface area (Å²) in [4.78, 5) is 11.8. The average Bonchev–Trinajstić information content (AvgIpc) is 2.64. The molecule has 1 aromatic rings. The highest BCUT2D eigenvalue weighted by Crippen LogP contribution is 2.34. The first-order valence-electron chi connectivity index (χ1n) is 9.06. The van der Waals surface area contributed by atoms with Crippen LogP contribution in [0.25, 0.3) is 0 Å². The van der Waals surface area contributed by atoms with Crippen LogP contribution in [0.1, 0.15) is 75.2 Å². The summed E-state index contributed by atoms with van der Waals surface area (Å²) in [6, 6.07) is 9.73. The molecule has 0 radical (unpaired) electrons. The van der Waals surface area contributed by atoms with Crippen LogP contribution in [0.5, 0.6) is 0 Å². The van der Waals surface area contributed by atoms with Crippen LogP contribution in [-0.4, -0.2) is 5.97 Å². The van der Waals surface area contributed by atoms with E-state index < -0.39 is 5.97 Å². The molecule has 0 saturated heterocycles. The Morgan fingerprint density at radius 3 is 2.16 bits per heavy atom. The van der Waals surface area contributed by atoms with Crippen molar-refractivity contribution >= 4 is 5.97 Å². The van der Waals surface area contributed by atoms with Gasteiger partial charge in [0.25, 0.3) is 0 Å². The van der Waals surface area contributed by atoms with Gasteiger partial charge in [-0.3, -0.25) is 0 Å². The zero-order valence-corrected chi connectivity index (χ0v) is 16.2. The smallest absolute Gasteiger partial charge is 0.352 e. The summed E-state index contributed by atoms with van der Waals surface area (Å²) < 4.78 is 4.98. The summed E-state index contributed by atoms with van der Waals surface area (Å²) in [6.45, 7) is 18.6. The number of hydrogen-bond donors (Lipinski definition) is 0. The lowest BCUT2D eigenvalue weighted by Crippen LogP contribution is -2.10. The molecule has 1 aromatic carbocycles. The highest BCUT2D eigenvalue weighted by atomic mass is 16.5. The van der Waals surface area contributed by atoms with Crippen molar-refractivity contribution in [2.75, 3.05) is 0 Å². The molecule has 136 valence electrons. The fourth-order valence-electron chi connectivity index (χ4n) is 2.54. The van der Waals surface area contributed by atoms with E-state index in [1.807, 2.05) is 26.8 Å². The Morgan fingerprint density at radius 1 is 1.16 bits per heavy atom. The fraction of sp³-hybridized carbons (Fsp3) is 0.435. The van der Waals surface area contributed by atoms with E-state index in [0.29, 0.717) is 11.5 Å². The van der Waals surface area contributed by atoms with E-state index in [9.17, 15) is 4.79 Å². The topological polar surface area (TPSA) is 26.3 Å². The van der Waals surface area contributed by atoms with E-state index in [-0.39, 0.29) is 5.76 Å². The summed E-state index contributed by atoms with van der Waals surface area (Å²) >= 11 is 0. The number of carbonyl (C=O) groups excluding carboxylic acids is 1. The Balaban J connectivity index is 0.00000104. The number of hydrogen-bond acceptors (Lipinski definition) is 2. The van der Waals surface area contributed by atoms with Gasteiger partial charge in [-0.1, -0.05) is 65.0 Å². The molecule has 2 rings (SSSR count). The molecule has 0 aromatic heterocycles. The minimum atomic E-state index is -0.463. The lowest BCUT2D eigenvalue weighted by atomic mass is 9.80. The maximum absolute atomic E-state index is 11.8. The van der Waals surface area contributed by atoms with E-state index in [1.165, 1.54) is 31.8 Å². The zero-order valence-electron chi connectivity index (χ0n) is 16.2. The van der Waals surface area contributed by atoms with Crippen molar-refractivity contribution in [2.45, 2.75) is 59.3 Å². The Morgan fingerprint density at radius 2 is 1.72 bits per heavy atom. The SMILES string of the molecule is C=CC.C=CC(=C)OC(=O)c1c#cc(C2CCC(C)CC2)cc1.CC. The molecule has 1 aliphatic rings. The van der Waals surface area contributed by atoms with E-state index in [2.05, 4.69) is 38.8 Å². The standard InChI is InChI=1S/C18H20O2.C3H6.C2H6/c1-4-14(3)20-18(19)17-11-9-16(10-12-17)15-7-5-13(2)6-8-15;1-3-2;1-2/h4,9,11,13,15H,1,3,5-8H2,2H3;3H,1H2,2H3;1-2H3. The van der Waals surface area contributed by atoms with Gasteiger partial charge in [0.15, 0.2) is 0 Å². The van der Waals surface area contributed by atoms with E-state index in [4.69, 9.17) is 4.74 Å². The van der Waals surface area contributed by atoms with Gasteiger partial charge in [-0.15, -0.1) is 6.58 Å². The fourth-order valence-corrected chi connectivity index (χ4v) is 2.54. The zero-order chi connectivity index (χ0) is 19.2. The highest BCUT2D eigenvalue weighted by Gasteiger charge is 2.20. The Kier molecular flexibility index (Phi) is 11.9. The Labute approximate surface area is 154 Å². The lowest BCUT2D eigenvalue weighted by Gasteiger charge is -2.25. The molecule has 0 N–H and O–H groups in total. The van der Waals surface area contributed by atoms with Gasteiger partial charge in [-0.25, -0.2) is 4.79 Å². The second kappa shape index (κ2) is 13.1. The van der Waals surface area contributed by atoms with Crippen molar-refractivity contribution in [2.24, 2.45) is 5.92 Å². The molecule has 0 bridgehead atoms. The third kappa shape index (κ3) is 8.40. The van der Waals surface area contributed by atoms with Gasteiger partial charge >= 0.3 is 5.97 Å². The first kappa shape index (κ1) is 22.7. The van der Waals surface area contributed by atoms with Crippen molar-refractivity contribution in [3.63, 3.8) is 0 Å². The molecular formula is C23H32O2. The Bertz CT molecular complexity index is 532. The molecule has 1 fully saturated rings. The van der Waals surface area contributed by atoms with E-state index in [1.54, 1.807) is 12.1 Å². The van der Waals surface area contributed by atoms with Crippen molar-refractivity contribution in [3.05, 3.63) is 73.0 Å². The quantitative estimate of drug-likeness (QED) is 0.265. The first-order valence-corrected chi connectivity index (χ1v) is 9.06. The molecule has 0 atom stereocenters. The van der Waals surface area contributed by atoms with Crippen LogP contribution in [-0.2, 0) is 4.74 Å². The molecule has 0 heterocycles. The largest absolute Gasteiger partial charge is 0.423 e. The molecular weight excluding hydrogens is 308 g/mol. The molecule has 25 heavy (non-hydrogen) atoms. The van der Waals surface area contributed by atoms with Crippen molar-refractivity contribution < 1.29 is 9.53 Å². The number of rotatable bonds is 4. The number of esters is 1. The molecule has 0 amide bonds. The minimum absolute atomic E-state index is 0.244. The average molecular weight is 341 g/mol. The molecule has 2 nitrogen and oxygen atoms in total. The molecule has 1 saturated carbocycles. The van der Waals surface area contributed by atoms with Gasteiger partial charge < -0.3 is 4.74 Å². The summed E-state index contributed by atoms with van der Waals surface area (Å²) in [7, 11) is 0. The highest BCUT2D eigenvalue weighted by molar-refractivity contribution is 5.89. The number of ether oxygens (including phenoxy) is 1. The van der Waals surface area contributed by atoms with Crippen molar-refractivity contribution in [1.82, 2.24) is 0 Å². The third-order valence-electron chi connectivity index (χ3n) is 3.90. The van der Waals surface area contributed by atoms with Gasteiger partial charge in [0.05, 0.1) is 0 Å². The third-order valence-corrected chi connectivity index (χ3v) is 3.90. The second-order valence-corrected chi connectivity index (χ2v) is 5.88. The summed E-state index contributed by atoms with van der Waals surface area (Å²) in [5, 5.41) is 0. The predicted octanol–water partition coefficient (Wildman–Crippen LogP) is 6.66. The van der Waals surface area contributed by atoms with E-state index in [0.717, 1.165) is 11.5 Å². The van der Waals surface area contributed by atoms with Crippen LogP contribution in [0.4, 0.5) is 0 Å². The molecule has 0 unspecified atom stereocenters. The number of allylic oxidation sites excluding steroid dienone is 2. The van der Waals surface area contributed by atoms with Crippen LogP contribution in [0.15, 0.2) is 49.8 Å².